The molecule has 2 aliphatic heterocycles. The molecule has 2 fully saturated rings. The number of hydrogen-bond donors (Lipinski definition) is 0. The van der Waals surface area contributed by atoms with E-state index in [-0.39, 0.29) is 16.7 Å². The summed E-state index contributed by atoms with van der Waals surface area (Å²) in [6.45, 7) is 1.30. The number of amides is 1. The molecule has 0 saturated carbocycles. The summed E-state index contributed by atoms with van der Waals surface area (Å²) in [6.07, 6.45) is 0. The molecule has 0 radical (unpaired) electrons. The van der Waals surface area contributed by atoms with Crippen molar-refractivity contribution in [3.05, 3.63) is 30.1 Å². The molecular formula is C14H17FN2O3S3. The van der Waals surface area contributed by atoms with E-state index in [2.05, 4.69) is 0 Å². The largest absolute Gasteiger partial charge is 0.340 e. The van der Waals surface area contributed by atoms with Gasteiger partial charge in [-0.1, -0.05) is 6.07 Å². The van der Waals surface area contributed by atoms with Crippen molar-refractivity contribution < 1.29 is 17.6 Å². The van der Waals surface area contributed by atoms with Gasteiger partial charge in [0.25, 0.3) is 0 Å². The average molecular weight is 377 g/mol. The molecule has 1 aromatic rings. The van der Waals surface area contributed by atoms with Gasteiger partial charge in [-0.2, -0.15) is 16.1 Å². The summed E-state index contributed by atoms with van der Waals surface area (Å²) in [5.74, 6) is 1.67. The number of carbonyl (C=O) groups is 1. The number of nitrogens with zero attached hydrogens (tertiary/aromatic N) is 2. The molecule has 2 heterocycles. The van der Waals surface area contributed by atoms with Gasteiger partial charge < -0.3 is 4.90 Å². The van der Waals surface area contributed by atoms with E-state index in [0.29, 0.717) is 18.8 Å². The van der Waals surface area contributed by atoms with Crippen LogP contribution in [-0.4, -0.2) is 65.8 Å². The van der Waals surface area contributed by atoms with Crippen LogP contribution in [0.15, 0.2) is 29.2 Å². The first-order valence-corrected chi connectivity index (χ1v) is 11.0. The highest BCUT2D eigenvalue weighted by Gasteiger charge is 2.41. The summed E-state index contributed by atoms with van der Waals surface area (Å²) < 4.78 is 40.1. The standard InChI is InChI=1S/C14H17FN2O3S3/c15-11-2-1-3-12(8-11)23(19,20)17-10-22-9-13(17)14(18)16-4-6-21-7-5-16/h1-3,8,13H,4-7,9-10H2. The van der Waals surface area contributed by atoms with Crippen molar-refractivity contribution in [3.63, 3.8) is 0 Å². The molecule has 1 amide bonds. The van der Waals surface area contributed by atoms with Crippen LogP contribution >= 0.6 is 23.5 Å². The van der Waals surface area contributed by atoms with E-state index >= 15 is 0 Å². The Morgan fingerprint density at radius 2 is 1.96 bits per heavy atom. The second-order valence-electron chi connectivity index (χ2n) is 5.30. The van der Waals surface area contributed by atoms with Crippen LogP contribution in [0.4, 0.5) is 4.39 Å². The quantitative estimate of drug-likeness (QED) is 0.800. The molecule has 126 valence electrons. The summed E-state index contributed by atoms with van der Waals surface area (Å²) in [5, 5.41) is 0. The van der Waals surface area contributed by atoms with Crippen LogP contribution in [0.5, 0.6) is 0 Å². The Hall–Kier alpha value is -0.770. The van der Waals surface area contributed by atoms with Crippen molar-refractivity contribution in [2.45, 2.75) is 10.9 Å². The minimum absolute atomic E-state index is 0.105. The molecule has 0 aliphatic carbocycles. The minimum Gasteiger partial charge on any atom is -0.340 e. The van der Waals surface area contributed by atoms with Crippen molar-refractivity contribution in [1.29, 1.82) is 0 Å². The third kappa shape index (κ3) is 3.52. The molecule has 0 N–H and O–H groups in total. The topological polar surface area (TPSA) is 57.7 Å². The second kappa shape index (κ2) is 7.00. The number of hydrogen-bond acceptors (Lipinski definition) is 5. The Morgan fingerprint density at radius 1 is 1.22 bits per heavy atom. The van der Waals surface area contributed by atoms with E-state index in [4.69, 9.17) is 0 Å². The van der Waals surface area contributed by atoms with Gasteiger partial charge in [0.1, 0.15) is 11.9 Å². The van der Waals surface area contributed by atoms with E-state index < -0.39 is 21.9 Å². The van der Waals surface area contributed by atoms with Crippen LogP contribution in [0.1, 0.15) is 0 Å². The number of rotatable bonds is 3. The van der Waals surface area contributed by atoms with Crippen molar-refractivity contribution in [2.24, 2.45) is 0 Å². The first-order chi connectivity index (χ1) is 11.0. The zero-order valence-electron chi connectivity index (χ0n) is 12.4. The molecule has 2 aliphatic rings. The van der Waals surface area contributed by atoms with Gasteiger partial charge >= 0.3 is 0 Å². The highest BCUT2D eigenvalue weighted by atomic mass is 32.2. The van der Waals surface area contributed by atoms with Crippen molar-refractivity contribution in [3.8, 4) is 0 Å². The number of carbonyl (C=O) groups excluding carboxylic acids is 1. The van der Waals surface area contributed by atoms with E-state index in [1.807, 2.05) is 0 Å². The van der Waals surface area contributed by atoms with Gasteiger partial charge in [-0.05, 0) is 18.2 Å². The SMILES string of the molecule is O=C(C1CSCN1S(=O)(=O)c1cccc(F)c1)N1CCSCC1. The van der Waals surface area contributed by atoms with E-state index in [1.165, 1.54) is 34.3 Å². The van der Waals surface area contributed by atoms with Gasteiger partial charge in [-0.25, -0.2) is 12.8 Å². The lowest BCUT2D eigenvalue weighted by Gasteiger charge is -2.31. The predicted octanol–water partition coefficient (Wildman–Crippen LogP) is 1.46. The fourth-order valence-electron chi connectivity index (χ4n) is 2.62. The van der Waals surface area contributed by atoms with Crippen molar-refractivity contribution >= 4 is 39.5 Å². The number of halogens is 1. The summed E-state index contributed by atoms with van der Waals surface area (Å²) >= 11 is 3.20. The summed E-state index contributed by atoms with van der Waals surface area (Å²) in [7, 11) is -3.87. The molecule has 5 nitrogen and oxygen atoms in total. The summed E-state index contributed by atoms with van der Waals surface area (Å²) in [5.41, 5.74) is 0. The van der Waals surface area contributed by atoms with E-state index in [9.17, 15) is 17.6 Å². The smallest absolute Gasteiger partial charge is 0.244 e. The van der Waals surface area contributed by atoms with E-state index in [1.54, 1.807) is 16.7 Å². The lowest BCUT2D eigenvalue weighted by Crippen LogP contribution is -2.51. The molecule has 0 aromatic heterocycles. The van der Waals surface area contributed by atoms with Crippen LogP contribution < -0.4 is 0 Å². The Morgan fingerprint density at radius 3 is 2.65 bits per heavy atom. The van der Waals surface area contributed by atoms with Crippen LogP contribution in [0.3, 0.4) is 0 Å². The first-order valence-electron chi connectivity index (χ1n) is 7.22. The van der Waals surface area contributed by atoms with Gasteiger partial charge in [-0.15, -0.1) is 11.8 Å². The molecule has 1 atom stereocenters. The molecule has 0 bridgehead atoms. The molecule has 3 rings (SSSR count). The average Bonchev–Trinajstić information content (AvgIpc) is 3.05. The van der Waals surface area contributed by atoms with E-state index in [0.717, 1.165) is 17.6 Å². The molecule has 0 spiro atoms. The van der Waals surface area contributed by atoms with Crippen LogP contribution in [-0.2, 0) is 14.8 Å². The van der Waals surface area contributed by atoms with Crippen LogP contribution in [0.25, 0.3) is 0 Å². The number of thioether (sulfide) groups is 2. The maximum absolute atomic E-state index is 13.4. The molecular weight excluding hydrogens is 359 g/mol. The van der Waals surface area contributed by atoms with Crippen molar-refractivity contribution in [2.75, 3.05) is 36.2 Å². The normalized spacial score (nSPS) is 23.2. The number of benzene rings is 1. The predicted molar refractivity (Wildman–Crippen MR) is 90.4 cm³/mol. The Balaban J connectivity index is 1.84. The Bertz CT molecular complexity index is 692. The van der Waals surface area contributed by atoms with Gasteiger partial charge in [0.05, 0.1) is 10.8 Å². The maximum atomic E-state index is 13.4. The lowest BCUT2D eigenvalue weighted by molar-refractivity contribution is -0.133. The summed E-state index contributed by atoms with van der Waals surface area (Å²) in [6, 6.07) is 4.23. The third-order valence-corrected chi connectivity index (χ3v) is 7.82. The van der Waals surface area contributed by atoms with Gasteiger partial charge in [0, 0.05) is 30.3 Å². The maximum Gasteiger partial charge on any atom is 0.244 e. The molecule has 9 heteroatoms. The second-order valence-corrected chi connectivity index (χ2v) is 9.42. The van der Waals surface area contributed by atoms with Crippen molar-refractivity contribution in [1.82, 2.24) is 9.21 Å². The Labute approximate surface area is 143 Å². The van der Waals surface area contributed by atoms with Gasteiger partial charge in [0.2, 0.25) is 15.9 Å². The third-order valence-electron chi connectivity index (χ3n) is 3.85. The zero-order valence-corrected chi connectivity index (χ0v) is 14.8. The highest BCUT2D eigenvalue weighted by molar-refractivity contribution is 8.00. The minimum atomic E-state index is -3.87. The van der Waals surface area contributed by atoms with Crippen LogP contribution in [0, 0.1) is 5.82 Å². The fraction of sp³-hybridized carbons (Fsp3) is 0.500. The molecule has 2 saturated heterocycles. The Kier molecular flexibility index (Phi) is 5.19. The first kappa shape index (κ1) is 17.1. The van der Waals surface area contributed by atoms with Crippen LogP contribution in [0.2, 0.25) is 0 Å². The van der Waals surface area contributed by atoms with Gasteiger partial charge in [-0.3, -0.25) is 4.79 Å². The highest BCUT2D eigenvalue weighted by Crippen LogP contribution is 2.30. The summed E-state index contributed by atoms with van der Waals surface area (Å²) in [4.78, 5) is 14.3. The molecule has 23 heavy (non-hydrogen) atoms. The van der Waals surface area contributed by atoms with Gasteiger partial charge in [0.15, 0.2) is 0 Å². The molecule has 1 aromatic carbocycles. The monoisotopic (exact) mass is 376 g/mol. The lowest BCUT2D eigenvalue weighted by atomic mass is 10.3. The fourth-order valence-corrected chi connectivity index (χ4v) is 6.69. The molecule has 1 unspecified atom stereocenters. The zero-order chi connectivity index (χ0) is 16.4. The number of sulfonamides is 1.